The quantitative estimate of drug-likeness (QED) is 0.295. The molecule has 0 spiro atoms. The number of hydrogen-bond donors (Lipinski definition) is 1. The van der Waals surface area contributed by atoms with E-state index >= 15 is 0 Å². The molecule has 0 aliphatic carbocycles. The van der Waals surface area contributed by atoms with Gasteiger partial charge >= 0.3 is 0 Å². The average Bonchev–Trinajstić information content (AvgIpc) is 2.98. The number of methoxy groups -OCH3 is 1. The van der Waals surface area contributed by atoms with Crippen molar-refractivity contribution in [2.45, 2.75) is 65.6 Å². The van der Waals surface area contributed by atoms with E-state index in [4.69, 9.17) is 10.00 Å². The topological polar surface area (TPSA) is 108 Å². The minimum atomic E-state index is -0.277. The van der Waals surface area contributed by atoms with Crippen LogP contribution in [-0.2, 0) is 6.54 Å². The number of amides is 1. The molecule has 1 atom stereocenters. The highest BCUT2D eigenvalue weighted by molar-refractivity contribution is 5.96. The van der Waals surface area contributed by atoms with Crippen molar-refractivity contribution in [2.24, 2.45) is 0 Å². The van der Waals surface area contributed by atoms with E-state index in [9.17, 15) is 10.0 Å². The largest absolute Gasteiger partial charge is 0.618 e. The van der Waals surface area contributed by atoms with E-state index in [1.807, 2.05) is 30.6 Å². The fourth-order valence-corrected chi connectivity index (χ4v) is 5.68. The number of aryl methyl sites for hydroxylation is 2. The maximum atomic E-state index is 12.9. The van der Waals surface area contributed by atoms with Crippen LogP contribution < -0.4 is 19.7 Å². The van der Waals surface area contributed by atoms with Gasteiger partial charge in [0, 0.05) is 69.3 Å². The zero-order valence-electron chi connectivity index (χ0n) is 24.7. The van der Waals surface area contributed by atoms with Crippen molar-refractivity contribution < 1.29 is 14.3 Å². The fourth-order valence-electron chi connectivity index (χ4n) is 5.68. The summed E-state index contributed by atoms with van der Waals surface area (Å²) in [6.07, 6.45) is 6.68. The number of anilines is 1. The summed E-state index contributed by atoms with van der Waals surface area (Å²) in [6, 6.07) is 14.4. The minimum absolute atomic E-state index is 0.00491. The standard InChI is InChI=1S/C32H40N6O3/c1-22-10-14-34-20-26(22)21-37(27-6-8-30(41-5)9-7-27)28-12-16-36(17-13-28)24(3)11-15-35-32(39)31-23(2)18-29(19-33)38(40)25(31)4/h6-10,14,18,20,24,28H,11-13,15-17,21H2,1-5H3,(H,35,39)/t24-/m1/s1. The maximum absolute atomic E-state index is 12.9. The molecule has 1 saturated heterocycles. The van der Waals surface area contributed by atoms with Crippen molar-refractivity contribution >= 4 is 11.6 Å². The summed E-state index contributed by atoms with van der Waals surface area (Å²) in [6.45, 7) is 10.9. The predicted octanol–water partition coefficient (Wildman–Crippen LogP) is 4.20. The molecule has 2 aromatic heterocycles. The molecule has 0 unspecified atom stereocenters. The molecule has 9 heteroatoms. The van der Waals surface area contributed by atoms with E-state index in [0.29, 0.717) is 34.5 Å². The van der Waals surface area contributed by atoms with Gasteiger partial charge in [-0.25, -0.2) is 0 Å². The number of pyridine rings is 2. The van der Waals surface area contributed by atoms with E-state index in [-0.39, 0.29) is 17.3 Å². The van der Waals surface area contributed by atoms with Gasteiger partial charge in [-0.2, -0.15) is 9.99 Å². The number of carbonyl (C=O) groups is 1. The molecular weight excluding hydrogens is 516 g/mol. The van der Waals surface area contributed by atoms with Gasteiger partial charge in [0.2, 0.25) is 5.69 Å². The van der Waals surface area contributed by atoms with Crippen LogP contribution in [0.15, 0.2) is 48.8 Å². The average molecular weight is 557 g/mol. The molecule has 0 bridgehead atoms. The molecule has 0 saturated carbocycles. The number of nitrogens with zero attached hydrogens (tertiary/aromatic N) is 5. The van der Waals surface area contributed by atoms with Gasteiger partial charge in [-0.15, -0.1) is 0 Å². The lowest BCUT2D eigenvalue weighted by Crippen LogP contribution is -2.48. The number of aromatic nitrogens is 2. The van der Waals surface area contributed by atoms with Crippen molar-refractivity contribution in [1.29, 1.82) is 5.26 Å². The van der Waals surface area contributed by atoms with Gasteiger partial charge in [0.05, 0.1) is 7.11 Å². The Bertz CT molecular complexity index is 1390. The number of ether oxygens (including phenoxy) is 1. The summed E-state index contributed by atoms with van der Waals surface area (Å²) in [5.74, 6) is 0.569. The highest BCUT2D eigenvalue weighted by Crippen LogP contribution is 2.29. The van der Waals surface area contributed by atoms with Crippen LogP contribution >= 0.6 is 0 Å². The second-order valence-electron chi connectivity index (χ2n) is 10.9. The van der Waals surface area contributed by atoms with Crippen LogP contribution in [-0.4, -0.2) is 54.6 Å². The van der Waals surface area contributed by atoms with E-state index < -0.39 is 0 Å². The minimum Gasteiger partial charge on any atom is -0.618 e. The number of carbonyl (C=O) groups excluding carboxylic acids is 1. The van der Waals surface area contributed by atoms with Crippen molar-refractivity contribution in [3.63, 3.8) is 0 Å². The normalized spacial score (nSPS) is 14.7. The zero-order chi connectivity index (χ0) is 29.5. The van der Waals surface area contributed by atoms with E-state index in [1.54, 1.807) is 21.0 Å². The van der Waals surface area contributed by atoms with Gasteiger partial charge in [-0.3, -0.25) is 9.78 Å². The molecule has 9 nitrogen and oxygen atoms in total. The first kappa shape index (κ1) is 29.8. The molecule has 0 radical (unpaired) electrons. The van der Waals surface area contributed by atoms with Gasteiger partial charge in [-0.05, 0) is 87.1 Å². The predicted molar refractivity (Wildman–Crippen MR) is 159 cm³/mol. The van der Waals surface area contributed by atoms with Crippen molar-refractivity contribution in [1.82, 2.24) is 15.2 Å². The molecule has 4 rings (SSSR count). The number of rotatable bonds is 10. The van der Waals surface area contributed by atoms with E-state index in [1.165, 1.54) is 22.9 Å². The highest BCUT2D eigenvalue weighted by Gasteiger charge is 2.28. The van der Waals surface area contributed by atoms with Crippen LogP contribution in [0, 0.1) is 37.3 Å². The fraction of sp³-hybridized carbons (Fsp3) is 0.438. The number of benzene rings is 1. The van der Waals surface area contributed by atoms with Crippen LogP contribution in [0.3, 0.4) is 0 Å². The number of likely N-dealkylation sites (tertiary alicyclic amines) is 1. The van der Waals surface area contributed by atoms with E-state index in [0.717, 1.165) is 44.6 Å². The second kappa shape index (κ2) is 13.5. The molecule has 1 amide bonds. The molecular formula is C32H40N6O3. The lowest BCUT2D eigenvalue weighted by Gasteiger charge is -2.42. The molecule has 1 aromatic carbocycles. The van der Waals surface area contributed by atoms with Crippen LogP contribution in [0.5, 0.6) is 5.75 Å². The van der Waals surface area contributed by atoms with Crippen LogP contribution in [0.25, 0.3) is 0 Å². The molecule has 1 N–H and O–H groups in total. The summed E-state index contributed by atoms with van der Waals surface area (Å²) in [5.41, 5.74) is 4.85. The summed E-state index contributed by atoms with van der Waals surface area (Å²) in [7, 11) is 1.69. The lowest BCUT2D eigenvalue weighted by molar-refractivity contribution is -0.615. The molecule has 1 fully saturated rings. The van der Waals surface area contributed by atoms with Crippen LogP contribution in [0.2, 0.25) is 0 Å². The first-order valence-electron chi connectivity index (χ1n) is 14.2. The Morgan fingerprint density at radius 2 is 1.93 bits per heavy atom. The molecule has 1 aliphatic rings. The van der Waals surface area contributed by atoms with Crippen molar-refractivity contribution in [3.05, 3.63) is 87.6 Å². The Hall–Kier alpha value is -4.16. The summed E-state index contributed by atoms with van der Waals surface area (Å²) < 4.78 is 5.91. The summed E-state index contributed by atoms with van der Waals surface area (Å²) >= 11 is 0. The van der Waals surface area contributed by atoms with Gasteiger partial charge in [-0.1, -0.05) is 0 Å². The van der Waals surface area contributed by atoms with Gasteiger partial charge in [0.1, 0.15) is 11.3 Å². The number of piperidine rings is 1. The Balaban J connectivity index is 1.35. The Kier molecular flexibility index (Phi) is 9.79. The maximum Gasteiger partial charge on any atom is 0.295 e. The number of nitriles is 1. The van der Waals surface area contributed by atoms with E-state index in [2.05, 4.69) is 52.1 Å². The first-order chi connectivity index (χ1) is 19.7. The number of nitrogens with one attached hydrogen (secondary N) is 1. The highest BCUT2D eigenvalue weighted by atomic mass is 16.5. The summed E-state index contributed by atoms with van der Waals surface area (Å²) in [4.78, 5) is 22.2. The third kappa shape index (κ3) is 6.95. The molecule has 1 aliphatic heterocycles. The van der Waals surface area contributed by atoms with Crippen molar-refractivity contribution in [2.75, 3.05) is 31.6 Å². The SMILES string of the molecule is COc1ccc(N(Cc2cnccc2C)C2CCN([C@H](C)CCNC(=O)c3c(C)cc(C#N)[n+]([O-])c3C)CC2)cc1. The Labute approximate surface area is 243 Å². The third-order valence-corrected chi connectivity index (χ3v) is 8.28. The van der Waals surface area contributed by atoms with Crippen LogP contribution in [0.4, 0.5) is 5.69 Å². The molecule has 41 heavy (non-hydrogen) atoms. The first-order valence-corrected chi connectivity index (χ1v) is 14.2. The smallest absolute Gasteiger partial charge is 0.295 e. The van der Waals surface area contributed by atoms with Crippen LogP contribution in [0.1, 0.15) is 64.6 Å². The zero-order valence-corrected chi connectivity index (χ0v) is 24.7. The van der Waals surface area contributed by atoms with Gasteiger partial charge in [0.25, 0.3) is 11.6 Å². The third-order valence-electron chi connectivity index (χ3n) is 8.28. The second-order valence-corrected chi connectivity index (χ2v) is 10.9. The van der Waals surface area contributed by atoms with Gasteiger partial charge in [0.15, 0.2) is 6.07 Å². The Morgan fingerprint density at radius 3 is 2.56 bits per heavy atom. The summed E-state index contributed by atoms with van der Waals surface area (Å²) in [5, 5.41) is 24.4. The molecule has 3 aromatic rings. The van der Waals surface area contributed by atoms with Crippen molar-refractivity contribution in [3.8, 4) is 11.8 Å². The number of hydrogen-bond acceptors (Lipinski definition) is 7. The molecule has 216 valence electrons. The molecule has 3 heterocycles. The Morgan fingerprint density at radius 1 is 1.22 bits per heavy atom. The monoisotopic (exact) mass is 556 g/mol. The lowest BCUT2D eigenvalue weighted by atomic mass is 9.99. The van der Waals surface area contributed by atoms with Gasteiger partial charge < -0.3 is 25.1 Å².